The molecule has 1 fully saturated rings. The van der Waals surface area contributed by atoms with Crippen molar-refractivity contribution in [2.45, 2.75) is 25.5 Å². The van der Waals surface area contributed by atoms with Crippen LogP contribution in [-0.4, -0.2) is 26.6 Å². The number of benzene rings is 2. The first kappa shape index (κ1) is 17.3. The Morgan fingerprint density at radius 1 is 1.04 bits per heavy atom. The molecule has 0 saturated carbocycles. The standard InChI is InChI=1S/C12H13ClN2O.C7H5ClN2/c13-10-4-3-5-11-9(10)8-15(14-11)12-6-1-2-7-16-12;8-6-2-1-3-7-5(6)4-9-10-7/h3-5,8,12H,1-2,6-7H2;1-4H,(H,9,10). The van der Waals surface area contributed by atoms with Crippen LogP contribution >= 0.6 is 23.2 Å². The topological polar surface area (TPSA) is 55.7 Å². The third kappa shape index (κ3) is 3.56. The fourth-order valence-corrected chi connectivity index (χ4v) is 3.48. The predicted molar refractivity (Wildman–Crippen MR) is 105 cm³/mol. The molecule has 1 aliphatic heterocycles. The van der Waals surface area contributed by atoms with Crippen molar-refractivity contribution in [3.63, 3.8) is 0 Å². The Hall–Kier alpha value is -2.08. The summed E-state index contributed by atoms with van der Waals surface area (Å²) < 4.78 is 7.59. The van der Waals surface area contributed by atoms with E-state index in [1.807, 2.05) is 47.3 Å². The summed E-state index contributed by atoms with van der Waals surface area (Å²) in [5, 5.41) is 14.6. The molecule has 0 radical (unpaired) electrons. The van der Waals surface area contributed by atoms with E-state index in [9.17, 15) is 0 Å². The first-order chi connectivity index (χ1) is 12.7. The number of nitrogens with zero attached hydrogens (tertiary/aromatic N) is 3. The second-order valence-electron chi connectivity index (χ2n) is 6.17. The molecule has 0 aliphatic carbocycles. The Bertz CT molecular complexity index is 1020. The summed E-state index contributed by atoms with van der Waals surface area (Å²) in [4.78, 5) is 0. The van der Waals surface area contributed by atoms with Crippen molar-refractivity contribution in [1.29, 1.82) is 0 Å². The lowest BCUT2D eigenvalue weighted by Gasteiger charge is -2.22. The van der Waals surface area contributed by atoms with Crippen LogP contribution in [0.1, 0.15) is 25.5 Å². The molecule has 4 aromatic rings. The van der Waals surface area contributed by atoms with Crippen LogP contribution in [-0.2, 0) is 4.74 Å². The smallest absolute Gasteiger partial charge is 0.150 e. The SMILES string of the molecule is Clc1cccc2[nH]ncc12.Clc1cccc2nn(C3CCCCO3)cc12. The van der Waals surface area contributed by atoms with Gasteiger partial charge in [-0.3, -0.25) is 5.10 Å². The minimum atomic E-state index is 0.0808. The van der Waals surface area contributed by atoms with Crippen molar-refractivity contribution in [2.75, 3.05) is 6.61 Å². The second-order valence-corrected chi connectivity index (χ2v) is 6.99. The number of hydrogen-bond donors (Lipinski definition) is 1. The molecule has 5 rings (SSSR count). The van der Waals surface area contributed by atoms with Crippen molar-refractivity contribution in [2.24, 2.45) is 0 Å². The quantitative estimate of drug-likeness (QED) is 0.461. The zero-order valence-corrected chi connectivity index (χ0v) is 15.5. The normalized spacial score (nSPS) is 17.2. The van der Waals surface area contributed by atoms with Crippen LogP contribution in [0.2, 0.25) is 10.0 Å². The highest BCUT2D eigenvalue weighted by molar-refractivity contribution is 6.35. The number of nitrogens with one attached hydrogen (secondary N) is 1. The van der Waals surface area contributed by atoms with Crippen LogP contribution in [0.3, 0.4) is 0 Å². The van der Waals surface area contributed by atoms with Gasteiger partial charge in [0.15, 0.2) is 0 Å². The fraction of sp³-hybridized carbons (Fsp3) is 0.263. The monoisotopic (exact) mass is 388 g/mol. The number of rotatable bonds is 1. The molecule has 2 aromatic carbocycles. The van der Waals surface area contributed by atoms with E-state index in [1.54, 1.807) is 6.20 Å². The van der Waals surface area contributed by atoms with Gasteiger partial charge in [0.05, 0.1) is 27.3 Å². The Kier molecular flexibility index (Phi) is 5.11. The summed E-state index contributed by atoms with van der Waals surface area (Å²) in [5.41, 5.74) is 1.91. The van der Waals surface area contributed by atoms with E-state index in [-0.39, 0.29) is 6.23 Å². The molecule has 134 valence electrons. The molecule has 1 atom stereocenters. The van der Waals surface area contributed by atoms with Crippen LogP contribution in [0, 0.1) is 0 Å². The number of H-pyrrole nitrogens is 1. The van der Waals surface area contributed by atoms with E-state index >= 15 is 0 Å². The highest BCUT2D eigenvalue weighted by Crippen LogP contribution is 2.27. The van der Waals surface area contributed by atoms with E-state index in [4.69, 9.17) is 27.9 Å². The fourth-order valence-electron chi connectivity index (χ4n) is 3.04. The van der Waals surface area contributed by atoms with Gasteiger partial charge in [0.1, 0.15) is 6.23 Å². The number of aromatic amines is 1. The van der Waals surface area contributed by atoms with E-state index in [2.05, 4.69) is 15.3 Å². The van der Waals surface area contributed by atoms with Gasteiger partial charge in [0.25, 0.3) is 0 Å². The van der Waals surface area contributed by atoms with Gasteiger partial charge in [-0.15, -0.1) is 0 Å². The van der Waals surface area contributed by atoms with Crippen molar-refractivity contribution in [3.05, 3.63) is 58.8 Å². The van der Waals surface area contributed by atoms with Crippen LogP contribution < -0.4 is 0 Å². The Morgan fingerprint density at radius 3 is 2.58 bits per heavy atom. The summed E-state index contributed by atoms with van der Waals surface area (Å²) >= 11 is 12.0. The first-order valence-electron chi connectivity index (χ1n) is 8.55. The average molecular weight is 389 g/mol. The predicted octanol–water partition coefficient (Wildman–Crippen LogP) is 5.61. The molecule has 1 saturated heterocycles. The van der Waals surface area contributed by atoms with Crippen LogP contribution in [0.4, 0.5) is 0 Å². The average Bonchev–Trinajstić information content (AvgIpc) is 3.31. The van der Waals surface area contributed by atoms with Crippen molar-refractivity contribution in [1.82, 2.24) is 20.0 Å². The number of aromatic nitrogens is 4. The lowest BCUT2D eigenvalue weighted by Crippen LogP contribution is -2.18. The highest BCUT2D eigenvalue weighted by atomic mass is 35.5. The van der Waals surface area contributed by atoms with E-state index in [1.165, 1.54) is 6.42 Å². The van der Waals surface area contributed by atoms with Crippen molar-refractivity contribution < 1.29 is 4.74 Å². The van der Waals surface area contributed by atoms with Crippen molar-refractivity contribution >= 4 is 45.0 Å². The Balaban J connectivity index is 0.000000144. The number of halogens is 2. The van der Waals surface area contributed by atoms with E-state index < -0.39 is 0 Å². The summed E-state index contributed by atoms with van der Waals surface area (Å²) in [5.74, 6) is 0. The minimum absolute atomic E-state index is 0.0808. The maximum absolute atomic E-state index is 6.12. The molecule has 2 aromatic heterocycles. The molecule has 1 aliphatic rings. The molecule has 26 heavy (non-hydrogen) atoms. The Labute approximate surface area is 160 Å². The third-order valence-electron chi connectivity index (χ3n) is 4.40. The van der Waals surface area contributed by atoms with Gasteiger partial charge in [0, 0.05) is 23.6 Å². The summed E-state index contributed by atoms with van der Waals surface area (Å²) in [6, 6.07) is 11.5. The third-order valence-corrected chi connectivity index (χ3v) is 5.06. The second kappa shape index (κ2) is 7.66. The first-order valence-corrected chi connectivity index (χ1v) is 9.30. The summed E-state index contributed by atoms with van der Waals surface area (Å²) in [7, 11) is 0. The van der Waals surface area contributed by atoms with Gasteiger partial charge < -0.3 is 4.74 Å². The number of hydrogen-bond acceptors (Lipinski definition) is 3. The van der Waals surface area contributed by atoms with Crippen molar-refractivity contribution in [3.8, 4) is 0 Å². The van der Waals surface area contributed by atoms with Crippen LogP contribution in [0.5, 0.6) is 0 Å². The molecule has 5 nitrogen and oxygen atoms in total. The zero-order valence-electron chi connectivity index (χ0n) is 14.0. The maximum atomic E-state index is 6.12. The lowest BCUT2D eigenvalue weighted by atomic mass is 10.2. The number of ether oxygens (including phenoxy) is 1. The van der Waals surface area contributed by atoms with Crippen LogP contribution in [0.15, 0.2) is 48.8 Å². The molecular formula is C19H18Cl2N4O. The number of fused-ring (bicyclic) bond motifs is 2. The molecule has 0 amide bonds. The Morgan fingerprint density at radius 2 is 1.85 bits per heavy atom. The van der Waals surface area contributed by atoms with Gasteiger partial charge in [-0.2, -0.15) is 10.2 Å². The largest absolute Gasteiger partial charge is 0.357 e. The van der Waals surface area contributed by atoms with Gasteiger partial charge in [0.2, 0.25) is 0 Å². The molecular weight excluding hydrogens is 371 g/mol. The lowest BCUT2D eigenvalue weighted by molar-refractivity contribution is -0.0390. The van der Waals surface area contributed by atoms with E-state index in [0.29, 0.717) is 0 Å². The maximum Gasteiger partial charge on any atom is 0.150 e. The van der Waals surface area contributed by atoms with Gasteiger partial charge >= 0.3 is 0 Å². The molecule has 3 heterocycles. The minimum Gasteiger partial charge on any atom is -0.357 e. The molecule has 1 N–H and O–H groups in total. The molecule has 7 heteroatoms. The molecule has 0 bridgehead atoms. The molecule has 1 unspecified atom stereocenters. The van der Waals surface area contributed by atoms with E-state index in [0.717, 1.165) is 51.3 Å². The van der Waals surface area contributed by atoms with Gasteiger partial charge in [-0.1, -0.05) is 35.3 Å². The summed E-state index contributed by atoms with van der Waals surface area (Å²) in [6.07, 6.45) is 7.17. The van der Waals surface area contributed by atoms with Crippen LogP contribution in [0.25, 0.3) is 21.8 Å². The highest BCUT2D eigenvalue weighted by Gasteiger charge is 2.17. The summed E-state index contributed by atoms with van der Waals surface area (Å²) in [6.45, 7) is 0.828. The molecule has 0 spiro atoms. The van der Waals surface area contributed by atoms with Gasteiger partial charge in [-0.05, 0) is 43.5 Å². The zero-order chi connectivity index (χ0) is 17.9. The van der Waals surface area contributed by atoms with Gasteiger partial charge in [-0.25, -0.2) is 4.68 Å².